The van der Waals surface area contributed by atoms with Gasteiger partial charge in [-0.3, -0.25) is 4.99 Å². The number of benzene rings is 3. The van der Waals surface area contributed by atoms with Crippen LogP contribution < -0.4 is 10.1 Å². The standard InChI is InChI=1S/C30H34FN3.C8H11NO.C2H6/c1-20-13-15-23(16-14-20)32-25-18-29-26(17-21(25)2)33-24-10-6-8-12-28(24)34(29)27-11-7-5-9-22(27)19-30(3,4)31;1-3-7-5-4-6-9-8(7)10-2;1-2/h5-12,17-18,20,23H,13-16,19H2,1-4H3;4-6H,3H2,1-2H3;1-2H3. The Balaban J connectivity index is 0.000000340. The predicted octanol–water partition coefficient (Wildman–Crippen LogP) is 9.89. The Morgan fingerprint density at radius 1 is 0.935 bits per heavy atom. The second-order valence-corrected chi connectivity index (χ2v) is 12.7. The monoisotopic (exact) mass is 622 g/mol. The van der Waals surface area contributed by atoms with Crippen LogP contribution in [0.5, 0.6) is 5.88 Å². The van der Waals surface area contributed by atoms with E-state index in [-0.39, 0.29) is 0 Å². The van der Waals surface area contributed by atoms with E-state index < -0.39 is 5.67 Å². The highest BCUT2D eigenvalue weighted by molar-refractivity contribution is 5.83. The Morgan fingerprint density at radius 3 is 2.28 bits per heavy atom. The molecule has 1 fully saturated rings. The van der Waals surface area contributed by atoms with Gasteiger partial charge in [0.05, 0.1) is 40.9 Å². The number of para-hydroxylation sites is 3. The third-order valence-corrected chi connectivity index (χ3v) is 8.47. The van der Waals surface area contributed by atoms with Crippen molar-refractivity contribution in [2.24, 2.45) is 10.9 Å². The fourth-order valence-electron chi connectivity index (χ4n) is 6.12. The number of aromatic nitrogens is 3. The van der Waals surface area contributed by atoms with Gasteiger partial charge in [-0.15, -0.1) is 0 Å². The number of nitrogens with zero attached hydrogens (tertiary/aromatic N) is 4. The van der Waals surface area contributed by atoms with Crippen LogP contribution in [-0.4, -0.2) is 33.4 Å². The smallest absolute Gasteiger partial charge is 0.216 e. The number of ether oxygens (including phenoxy) is 1. The molecule has 0 radical (unpaired) electrons. The molecule has 0 bridgehead atoms. The summed E-state index contributed by atoms with van der Waals surface area (Å²) in [6, 6.07) is 25.0. The lowest BCUT2D eigenvalue weighted by Crippen LogP contribution is -2.21. The zero-order valence-electron chi connectivity index (χ0n) is 29.0. The third-order valence-electron chi connectivity index (χ3n) is 8.47. The minimum Gasteiger partial charge on any atom is -0.481 e. The van der Waals surface area contributed by atoms with Crippen LogP contribution in [0, 0.1) is 12.8 Å². The molecule has 244 valence electrons. The molecule has 2 aliphatic carbocycles. The second kappa shape index (κ2) is 16.0. The molecule has 46 heavy (non-hydrogen) atoms. The van der Waals surface area contributed by atoms with Gasteiger partial charge in [0.2, 0.25) is 5.88 Å². The summed E-state index contributed by atoms with van der Waals surface area (Å²) in [4.78, 5) is 14.2. The van der Waals surface area contributed by atoms with Crippen LogP contribution in [0.15, 0.2) is 84.0 Å². The van der Waals surface area contributed by atoms with Gasteiger partial charge in [0.15, 0.2) is 0 Å². The Labute approximate surface area is 275 Å². The molecule has 0 atom stereocenters. The van der Waals surface area contributed by atoms with Crippen LogP contribution >= 0.6 is 0 Å². The number of rotatable bonds is 6. The molecule has 6 rings (SSSR count). The third kappa shape index (κ3) is 8.60. The van der Waals surface area contributed by atoms with E-state index in [1.807, 2.05) is 62.4 Å². The first-order chi connectivity index (χ1) is 22.2. The molecule has 0 spiro atoms. The summed E-state index contributed by atoms with van der Waals surface area (Å²) in [5.74, 6) is 1.54. The van der Waals surface area contributed by atoms with Crippen molar-refractivity contribution >= 4 is 11.0 Å². The molecule has 1 aromatic heterocycles. The van der Waals surface area contributed by atoms with Gasteiger partial charge in [-0.2, -0.15) is 0 Å². The van der Waals surface area contributed by atoms with Crippen LogP contribution in [0.3, 0.4) is 0 Å². The molecular formula is C40H51FN4O. The Hall–Kier alpha value is -4.06. The summed E-state index contributed by atoms with van der Waals surface area (Å²) in [6.07, 6.45) is 7.86. The van der Waals surface area contributed by atoms with Crippen molar-refractivity contribution in [3.63, 3.8) is 0 Å². The van der Waals surface area contributed by atoms with E-state index in [0.717, 1.165) is 81.2 Å². The first kappa shape index (κ1) is 34.8. The quantitative estimate of drug-likeness (QED) is 0.177. The Bertz CT molecular complexity index is 1720. The van der Waals surface area contributed by atoms with Crippen LogP contribution in [-0.2, 0) is 12.8 Å². The van der Waals surface area contributed by atoms with E-state index in [0.29, 0.717) is 12.5 Å². The fraction of sp³-hybridized carbons (Fsp3) is 0.425. The van der Waals surface area contributed by atoms with Crippen molar-refractivity contribution in [3.05, 3.63) is 101 Å². The normalized spacial score (nSPS) is 16.8. The average Bonchev–Trinajstić information content (AvgIpc) is 3.06. The summed E-state index contributed by atoms with van der Waals surface area (Å²) in [6.45, 7) is 13.8. The SMILES string of the molecule is CC.CCc1cccnc1OC.Cc1cc2nc3ccccc3n(-c3ccccc3CC(C)(C)F)c-2cc1=NC1CCC(C)CC1. The number of aryl methyl sites for hydroxylation is 2. The highest BCUT2D eigenvalue weighted by Gasteiger charge is 2.22. The van der Waals surface area contributed by atoms with Crippen molar-refractivity contribution in [2.75, 3.05) is 7.11 Å². The summed E-state index contributed by atoms with van der Waals surface area (Å²) >= 11 is 0. The molecule has 6 heteroatoms. The number of alkyl halides is 1. The summed E-state index contributed by atoms with van der Waals surface area (Å²) < 4.78 is 22.0. The maximum Gasteiger partial charge on any atom is 0.216 e. The van der Waals surface area contributed by atoms with Crippen molar-refractivity contribution in [2.45, 2.75) is 98.7 Å². The number of methoxy groups -OCH3 is 1. The molecule has 1 aliphatic heterocycles. The summed E-state index contributed by atoms with van der Waals surface area (Å²) in [5, 5.41) is 1.04. The minimum atomic E-state index is -1.30. The first-order valence-corrected chi connectivity index (χ1v) is 16.9. The Kier molecular flexibility index (Phi) is 12.1. The van der Waals surface area contributed by atoms with Gasteiger partial charge in [0, 0.05) is 23.9 Å². The van der Waals surface area contributed by atoms with E-state index >= 15 is 0 Å². The molecule has 3 aliphatic rings. The summed E-state index contributed by atoms with van der Waals surface area (Å²) in [5.41, 5.74) is 6.87. The molecule has 0 saturated heterocycles. The van der Waals surface area contributed by atoms with Crippen LogP contribution in [0.25, 0.3) is 28.1 Å². The van der Waals surface area contributed by atoms with Crippen LogP contribution in [0.4, 0.5) is 4.39 Å². The molecule has 0 unspecified atom stereocenters. The van der Waals surface area contributed by atoms with E-state index in [4.69, 9.17) is 14.7 Å². The molecule has 2 heterocycles. The minimum absolute atomic E-state index is 0.345. The van der Waals surface area contributed by atoms with Gasteiger partial charge in [-0.05, 0) is 106 Å². The van der Waals surface area contributed by atoms with Gasteiger partial charge in [-0.1, -0.05) is 64.1 Å². The molecule has 0 N–H and O–H groups in total. The predicted molar refractivity (Wildman–Crippen MR) is 190 cm³/mol. The van der Waals surface area contributed by atoms with Gasteiger partial charge < -0.3 is 9.30 Å². The van der Waals surface area contributed by atoms with Crippen molar-refractivity contribution in [3.8, 4) is 23.0 Å². The maximum absolute atomic E-state index is 14.8. The second-order valence-electron chi connectivity index (χ2n) is 12.7. The fourth-order valence-corrected chi connectivity index (χ4v) is 6.12. The lowest BCUT2D eigenvalue weighted by molar-refractivity contribution is 0.217. The number of hydrogen-bond donors (Lipinski definition) is 0. The number of fused-ring (bicyclic) bond motifs is 2. The molecule has 3 aromatic rings. The van der Waals surface area contributed by atoms with Crippen LogP contribution in [0.2, 0.25) is 0 Å². The molecular weight excluding hydrogens is 571 g/mol. The topological polar surface area (TPSA) is 52.3 Å². The zero-order chi connectivity index (χ0) is 33.3. The van der Waals surface area contributed by atoms with E-state index in [9.17, 15) is 4.39 Å². The van der Waals surface area contributed by atoms with E-state index in [2.05, 4.69) is 54.6 Å². The van der Waals surface area contributed by atoms with Gasteiger partial charge >= 0.3 is 0 Å². The molecule has 1 saturated carbocycles. The molecule has 2 aromatic carbocycles. The molecule has 0 amide bonds. The van der Waals surface area contributed by atoms with Gasteiger partial charge in [0.25, 0.3) is 0 Å². The van der Waals surface area contributed by atoms with Crippen molar-refractivity contribution in [1.29, 1.82) is 0 Å². The van der Waals surface area contributed by atoms with E-state index in [1.54, 1.807) is 27.2 Å². The summed E-state index contributed by atoms with van der Waals surface area (Å²) in [7, 11) is 1.64. The van der Waals surface area contributed by atoms with E-state index in [1.165, 1.54) is 12.8 Å². The highest BCUT2D eigenvalue weighted by Crippen LogP contribution is 2.32. The first-order valence-electron chi connectivity index (χ1n) is 16.9. The van der Waals surface area contributed by atoms with Crippen LogP contribution in [0.1, 0.15) is 83.9 Å². The number of hydrogen-bond acceptors (Lipinski definition) is 4. The lowest BCUT2D eigenvalue weighted by Gasteiger charge is -2.24. The highest BCUT2D eigenvalue weighted by atomic mass is 19.1. The molecule has 5 nitrogen and oxygen atoms in total. The number of pyridine rings is 1. The van der Waals surface area contributed by atoms with Crippen molar-refractivity contribution in [1.82, 2.24) is 14.5 Å². The maximum atomic E-state index is 14.8. The largest absolute Gasteiger partial charge is 0.481 e. The lowest BCUT2D eigenvalue weighted by atomic mass is 9.88. The van der Waals surface area contributed by atoms with Crippen molar-refractivity contribution < 1.29 is 9.13 Å². The van der Waals surface area contributed by atoms with Gasteiger partial charge in [-0.25, -0.2) is 14.4 Å². The Morgan fingerprint density at radius 2 is 1.61 bits per heavy atom. The average molecular weight is 623 g/mol. The number of halogens is 1. The van der Waals surface area contributed by atoms with Gasteiger partial charge in [0.1, 0.15) is 5.67 Å². The zero-order valence-corrected chi connectivity index (χ0v) is 29.0.